The molecule has 4 aliphatic rings. The topological polar surface area (TPSA) is 160 Å². The van der Waals surface area contributed by atoms with Crippen LogP contribution in [-0.2, 0) is 21.5 Å². The van der Waals surface area contributed by atoms with Crippen LogP contribution in [0.5, 0.6) is 5.75 Å². The Kier molecular flexibility index (Phi) is 11.5. The number of alkyl halides is 1. The molecule has 9 rings (SSSR count). The Balaban J connectivity index is 0.769. The van der Waals surface area contributed by atoms with Crippen LogP contribution in [0.15, 0.2) is 85.3 Å². The van der Waals surface area contributed by atoms with Gasteiger partial charge >= 0.3 is 10.2 Å². The van der Waals surface area contributed by atoms with Crippen molar-refractivity contribution in [2.24, 2.45) is 0 Å². The predicted octanol–water partition coefficient (Wildman–Crippen LogP) is 5.78. The molecule has 63 heavy (non-hydrogen) atoms. The van der Waals surface area contributed by atoms with Gasteiger partial charge in [0.1, 0.15) is 29.4 Å². The third-order valence-corrected chi connectivity index (χ3v) is 13.7. The van der Waals surface area contributed by atoms with E-state index in [2.05, 4.69) is 37.7 Å². The second-order valence-corrected chi connectivity index (χ2v) is 17.9. The van der Waals surface area contributed by atoms with Crippen LogP contribution in [0.25, 0.3) is 22.2 Å². The minimum absolute atomic E-state index is 0.000613. The number of nitrogens with one attached hydrogen (secondary N) is 3. The van der Waals surface area contributed by atoms with Gasteiger partial charge in [-0.3, -0.25) is 24.0 Å². The summed E-state index contributed by atoms with van der Waals surface area (Å²) in [7, 11) is -4.36. The maximum atomic E-state index is 15.7. The first-order valence-electron chi connectivity index (χ1n) is 20.9. The summed E-state index contributed by atoms with van der Waals surface area (Å²) in [6, 6.07) is 16.2. The van der Waals surface area contributed by atoms with Gasteiger partial charge in [0.05, 0.1) is 17.9 Å². The number of ether oxygens (including phenoxy) is 1. The van der Waals surface area contributed by atoms with Gasteiger partial charge < -0.3 is 24.8 Å². The number of anilines is 2. The van der Waals surface area contributed by atoms with E-state index in [9.17, 15) is 27.2 Å². The summed E-state index contributed by atoms with van der Waals surface area (Å²) >= 11 is 0. The fourth-order valence-electron chi connectivity index (χ4n) is 8.72. The van der Waals surface area contributed by atoms with Crippen LogP contribution in [0.3, 0.4) is 0 Å². The van der Waals surface area contributed by atoms with Gasteiger partial charge in [0.2, 0.25) is 11.7 Å². The largest absolute Gasteiger partial charge is 0.494 e. The third-order valence-electron chi connectivity index (χ3n) is 12.2. The zero-order valence-electron chi connectivity index (χ0n) is 34.2. The first-order valence-corrected chi connectivity index (χ1v) is 22.3. The van der Waals surface area contributed by atoms with Crippen molar-refractivity contribution < 1.29 is 40.7 Å². The molecule has 3 fully saturated rings. The molecule has 0 radical (unpaired) electrons. The molecule has 2 amide bonds. The minimum atomic E-state index is -4.36. The number of ketones is 1. The molecule has 3 aromatic carbocycles. The number of hydrogen-bond acceptors (Lipinski definition) is 9. The number of pyridine rings is 1. The Morgan fingerprint density at radius 1 is 0.968 bits per heavy atom. The Labute approximate surface area is 361 Å². The van der Waals surface area contributed by atoms with Gasteiger partial charge in [-0.1, -0.05) is 18.7 Å². The third kappa shape index (κ3) is 8.49. The number of piperazine rings is 1. The number of nitrogens with zero attached hydrogens (tertiary/aromatic N) is 5. The molecule has 4 aliphatic heterocycles. The van der Waals surface area contributed by atoms with Crippen LogP contribution < -0.4 is 19.7 Å². The van der Waals surface area contributed by atoms with E-state index in [0.717, 1.165) is 72.4 Å². The predicted molar refractivity (Wildman–Crippen MR) is 230 cm³/mol. The summed E-state index contributed by atoms with van der Waals surface area (Å²) < 4.78 is 78.9. The summed E-state index contributed by atoms with van der Waals surface area (Å²) in [6.45, 7) is 8.61. The number of H-pyrrole nitrogens is 1. The number of halogens is 3. The first-order chi connectivity index (χ1) is 30.3. The van der Waals surface area contributed by atoms with E-state index in [1.165, 1.54) is 6.20 Å². The smallest absolute Gasteiger partial charge is 0.301 e. The van der Waals surface area contributed by atoms with Crippen molar-refractivity contribution in [3.8, 4) is 16.9 Å². The second-order valence-electron chi connectivity index (χ2n) is 16.3. The number of carbonyl (C=O) groups is 3. The molecule has 2 atom stereocenters. The summed E-state index contributed by atoms with van der Waals surface area (Å²) in [5.74, 6) is -3.19. The maximum Gasteiger partial charge on any atom is 0.301 e. The molecule has 14 nitrogen and oxygen atoms in total. The van der Waals surface area contributed by atoms with Crippen molar-refractivity contribution in [2.45, 2.75) is 44.4 Å². The van der Waals surface area contributed by atoms with Crippen molar-refractivity contribution in [2.75, 3.05) is 62.0 Å². The highest BCUT2D eigenvalue weighted by molar-refractivity contribution is 7.90. The monoisotopic (exact) mass is 882 g/mol. The molecule has 0 saturated carbocycles. The number of benzene rings is 3. The summed E-state index contributed by atoms with van der Waals surface area (Å²) in [4.78, 5) is 53.1. The fourth-order valence-corrected chi connectivity index (χ4v) is 9.99. The van der Waals surface area contributed by atoms with Crippen molar-refractivity contribution in [3.63, 3.8) is 0 Å². The average Bonchev–Trinajstić information content (AvgIpc) is 4.00. The molecule has 18 heteroatoms. The van der Waals surface area contributed by atoms with Crippen LogP contribution in [0.1, 0.15) is 57.5 Å². The maximum absolute atomic E-state index is 15.7. The molecule has 1 unspecified atom stereocenters. The van der Waals surface area contributed by atoms with Crippen LogP contribution in [0.4, 0.5) is 24.5 Å². The van der Waals surface area contributed by atoms with Crippen molar-refractivity contribution >= 4 is 50.2 Å². The number of piperidine rings is 1. The lowest BCUT2D eigenvalue weighted by atomic mass is 10.00. The van der Waals surface area contributed by atoms with Gasteiger partial charge in [0.25, 0.3) is 5.91 Å². The van der Waals surface area contributed by atoms with Crippen LogP contribution in [0, 0.1) is 11.6 Å². The van der Waals surface area contributed by atoms with Crippen LogP contribution in [-0.4, -0.2) is 115 Å². The molecule has 2 aromatic heterocycles. The highest BCUT2D eigenvalue weighted by atomic mass is 32.2. The van der Waals surface area contributed by atoms with Gasteiger partial charge in [0.15, 0.2) is 5.82 Å². The molecule has 0 aliphatic carbocycles. The number of aromatic nitrogens is 2. The second kappa shape index (κ2) is 17.1. The summed E-state index contributed by atoms with van der Waals surface area (Å²) in [5, 5.41) is 3.10. The van der Waals surface area contributed by atoms with Gasteiger partial charge in [-0.15, -0.1) is 0 Å². The number of carbonyl (C=O) groups excluding carboxylic acids is 3. The summed E-state index contributed by atoms with van der Waals surface area (Å²) in [5.41, 5.74) is 3.42. The van der Waals surface area contributed by atoms with E-state index in [1.807, 2.05) is 41.1 Å². The first kappa shape index (κ1) is 42.1. The Hall–Kier alpha value is -6.24. The lowest BCUT2D eigenvalue weighted by Gasteiger charge is -2.36. The lowest BCUT2D eigenvalue weighted by Crippen LogP contribution is -2.49. The molecule has 3 saturated heterocycles. The van der Waals surface area contributed by atoms with E-state index >= 15 is 8.78 Å². The Morgan fingerprint density at radius 2 is 1.76 bits per heavy atom. The average molecular weight is 883 g/mol. The standard InChI is InChI=1S/C45H45F3N8O6S/c1-27-3-12-39(44(58)51-27)56-25-30-21-32(6-9-34(30)45(56)59)54-18-16-53(17-19-54)14-2-20-62-33-7-4-28(5-8-33)29-22-35-36(24-50-43(35)49-23-29)42(57)40-37(47)10-11-38(41(40)48)52-63(60,61)55-15-13-31(46)26-55/h4-11,21-24,31,39,52H,1-3,12-20,25-26H2,(H,49,50)(H,51,58)/t31-,39?/m1/s1. The van der Waals surface area contributed by atoms with Crippen molar-refractivity contribution in [1.29, 1.82) is 0 Å². The van der Waals surface area contributed by atoms with Gasteiger partial charge in [0, 0.05) is 98.2 Å². The van der Waals surface area contributed by atoms with Crippen molar-refractivity contribution in [3.05, 3.63) is 119 Å². The normalized spacial score (nSPS) is 19.8. The molecular weight excluding hydrogens is 838 g/mol. The Bertz CT molecular complexity index is 2740. The summed E-state index contributed by atoms with van der Waals surface area (Å²) in [6.07, 6.45) is 3.61. The quantitative estimate of drug-likeness (QED) is 0.0985. The highest BCUT2D eigenvalue weighted by Crippen LogP contribution is 2.33. The van der Waals surface area contributed by atoms with Crippen molar-refractivity contribution in [1.82, 2.24) is 29.4 Å². The molecule has 6 heterocycles. The zero-order valence-corrected chi connectivity index (χ0v) is 35.0. The molecule has 0 spiro atoms. The van der Waals surface area contributed by atoms with E-state index in [4.69, 9.17) is 4.74 Å². The Morgan fingerprint density at radius 3 is 2.51 bits per heavy atom. The van der Waals surface area contributed by atoms with E-state index in [1.54, 1.807) is 17.2 Å². The van der Waals surface area contributed by atoms with Gasteiger partial charge in [-0.05, 0) is 85.3 Å². The molecule has 5 aromatic rings. The SMILES string of the molecule is C=C1CCC(N2Cc3cc(N4CCN(CCCOc5ccc(-c6cnc7[nH]cc(C(=O)c8c(F)ccc(NS(=O)(=O)N9CC[C@@H](F)C9)c8F)c7c6)cc5)CC4)ccc3C2=O)C(=O)N1. The lowest BCUT2D eigenvalue weighted by molar-refractivity contribution is -0.126. The number of aromatic amines is 1. The molecule has 328 valence electrons. The van der Waals surface area contributed by atoms with Gasteiger partial charge in [-0.2, -0.15) is 12.7 Å². The van der Waals surface area contributed by atoms with E-state index in [-0.39, 0.29) is 30.3 Å². The number of rotatable bonds is 13. The number of hydrogen-bond donors (Lipinski definition) is 3. The number of allylic oxidation sites excluding steroid dienone is 1. The van der Waals surface area contributed by atoms with Crippen LogP contribution >= 0.6 is 0 Å². The molecular formula is C45H45F3N8O6S. The molecule has 0 bridgehead atoms. The fraction of sp³-hybridized carbons (Fsp3) is 0.333. The minimum Gasteiger partial charge on any atom is -0.494 e. The van der Waals surface area contributed by atoms with E-state index < -0.39 is 57.6 Å². The number of fused-ring (bicyclic) bond motifs is 2. The molecule has 3 N–H and O–H groups in total. The number of amides is 2. The van der Waals surface area contributed by atoms with E-state index in [0.29, 0.717) is 59.6 Å². The van der Waals surface area contributed by atoms with Gasteiger partial charge in [-0.25, -0.2) is 18.2 Å². The highest BCUT2D eigenvalue weighted by Gasteiger charge is 2.39. The van der Waals surface area contributed by atoms with Crippen LogP contribution in [0.2, 0.25) is 0 Å². The zero-order chi connectivity index (χ0) is 44.0.